The molecule has 2 aromatic carbocycles. The maximum absolute atomic E-state index is 11.8. The molecule has 0 atom stereocenters. The molecule has 23 heavy (non-hydrogen) atoms. The third kappa shape index (κ3) is 5.47. The maximum Gasteiger partial charge on any atom is 0.271 e. The van der Waals surface area contributed by atoms with Gasteiger partial charge in [0.05, 0.1) is 6.21 Å². The Kier molecular flexibility index (Phi) is 5.01. The van der Waals surface area contributed by atoms with Crippen LogP contribution in [0.4, 0.5) is 0 Å². The number of carbonyl (C=O) groups is 1. The highest BCUT2D eigenvalue weighted by molar-refractivity contribution is 5.94. The largest absolute Gasteiger partial charge is 0.508 e. The smallest absolute Gasteiger partial charge is 0.271 e. The molecule has 0 aliphatic rings. The summed E-state index contributed by atoms with van der Waals surface area (Å²) < 4.78 is 5.73. The first kappa shape index (κ1) is 16.5. The molecule has 0 heterocycles. The van der Waals surface area contributed by atoms with Crippen molar-refractivity contribution >= 4 is 12.1 Å². The van der Waals surface area contributed by atoms with Gasteiger partial charge in [0.2, 0.25) is 0 Å². The van der Waals surface area contributed by atoms with Gasteiger partial charge in [-0.2, -0.15) is 5.10 Å². The van der Waals surface area contributed by atoms with Gasteiger partial charge in [0.1, 0.15) is 17.1 Å². The van der Waals surface area contributed by atoms with Crippen LogP contribution in [0, 0.1) is 0 Å². The van der Waals surface area contributed by atoms with Gasteiger partial charge in [-0.25, -0.2) is 5.43 Å². The summed E-state index contributed by atoms with van der Waals surface area (Å²) in [6, 6.07) is 13.4. The van der Waals surface area contributed by atoms with Crippen molar-refractivity contribution in [1.82, 2.24) is 5.43 Å². The van der Waals surface area contributed by atoms with Crippen molar-refractivity contribution in [1.29, 1.82) is 0 Å². The van der Waals surface area contributed by atoms with Gasteiger partial charge >= 0.3 is 0 Å². The second-order valence-electron chi connectivity index (χ2n) is 6.03. The molecular formula is C18H20N2O3. The molecule has 5 heteroatoms. The first-order valence-electron chi connectivity index (χ1n) is 7.25. The SMILES string of the molecule is CC(C)(C)Oc1ccc(/C=N\NC(=O)c2ccc(O)cc2)cc1. The summed E-state index contributed by atoms with van der Waals surface area (Å²) in [6.45, 7) is 5.96. The van der Waals surface area contributed by atoms with Crippen LogP contribution in [0.15, 0.2) is 53.6 Å². The molecule has 0 bridgehead atoms. The molecule has 0 aliphatic heterocycles. The molecule has 0 fully saturated rings. The van der Waals surface area contributed by atoms with Crippen molar-refractivity contribution in [2.45, 2.75) is 26.4 Å². The molecule has 0 spiro atoms. The van der Waals surface area contributed by atoms with Gasteiger partial charge in [-0.3, -0.25) is 4.79 Å². The van der Waals surface area contributed by atoms with Gasteiger partial charge in [-0.15, -0.1) is 0 Å². The number of aromatic hydroxyl groups is 1. The Hall–Kier alpha value is -2.82. The van der Waals surface area contributed by atoms with Crippen LogP contribution in [0.2, 0.25) is 0 Å². The van der Waals surface area contributed by atoms with Crippen molar-refractivity contribution in [2.75, 3.05) is 0 Å². The highest BCUT2D eigenvalue weighted by Crippen LogP contribution is 2.17. The van der Waals surface area contributed by atoms with Crippen LogP contribution in [0.3, 0.4) is 0 Å². The second kappa shape index (κ2) is 6.96. The Labute approximate surface area is 135 Å². The van der Waals surface area contributed by atoms with Crippen LogP contribution in [-0.4, -0.2) is 22.8 Å². The average molecular weight is 312 g/mol. The molecule has 2 N–H and O–H groups in total. The first-order valence-corrected chi connectivity index (χ1v) is 7.25. The lowest BCUT2D eigenvalue weighted by Gasteiger charge is -2.21. The van der Waals surface area contributed by atoms with E-state index >= 15 is 0 Å². The molecule has 2 rings (SSSR count). The van der Waals surface area contributed by atoms with E-state index in [0.29, 0.717) is 5.56 Å². The maximum atomic E-state index is 11.8. The summed E-state index contributed by atoms with van der Waals surface area (Å²) in [6.07, 6.45) is 1.55. The fourth-order valence-corrected chi connectivity index (χ4v) is 1.82. The van der Waals surface area contributed by atoms with E-state index in [4.69, 9.17) is 4.74 Å². The zero-order valence-corrected chi connectivity index (χ0v) is 13.4. The molecule has 0 saturated heterocycles. The zero-order valence-electron chi connectivity index (χ0n) is 13.4. The summed E-state index contributed by atoms with van der Waals surface area (Å²) >= 11 is 0. The quantitative estimate of drug-likeness (QED) is 0.672. The van der Waals surface area contributed by atoms with Crippen molar-refractivity contribution < 1.29 is 14.6 Å². The van der Waals surface area contributed by atoms with Crippen molar-refractivity contribution in [3.8, 4) is 11.5 Å². The second-order valence-corrected chi connectivity index (χ2v) is 6.03. The average Bonchev–Trinajstić information content (AvgIpc) is 2.48. The molecule has 0 radical (unpaired) electrons. The van der Waals surface area contributed by atoms with Crippen LogP contribution in [-0.2, 0) is 0 Å². The Morgan fingerprint density at radius 3 is 2.26 bits per heavy atom. The number of benzene rings is 2. The molecule has 2 aromatic rings. The molecule has 0 aliphatic carbocycles. The van der Waals surface area contributed by atoms with E-state index in [1.165, 1.54) is 24.3 Å². The minimum atomic E-state index is -0.339. The van der Waals surface area contributed by atoms with E-state index < -0.39 is 0 Å². The summed E-state index contributed by atoms with van der Waals surface area (Å²) in [7, 11) is 0. The minimum Gasteiger partial charge on any atom is -0.508 e. The number of ether oxygens (including phenoxy) is 1. The number of amides is 1. The molecule has 0 unspecified atom stereocenters. The van der Waals surface area contributed by atoms with Crippen LogP contribution >= 0.6 is 0 Å². The Bertz CT molecular complexity index is 684. The number of nitrogens with zero attached hydrogens (tertiary/aromatic N) is 1. The Morgan fingerprint density at radius 2 is 1.70 bits per heavy atom. The van der Waals surface area contributed by atoms with Gasteiger partial charge in [0, 0.05) is 5.56 Å². The summed E-state index contributed by atoms with van der Waals surface area (Å²) in [4.78, 5) is 11.8. The number of hydrazone groups is 1. The fourth-order valence-electron chi connectivity index (χ4n) is 1.82. The number of hydrogen-bond donors (Lipinski definition) is 2. The lowest BCUT2D eigenvalue weighted by atomic mass is 10.2. The molecule has 5 nitrogen and oxygen atoms in total. The first-order chi connectivity index (χ1) is 10.8. The van der Waals surface area contributed by atoms with Gasteiger partial charge in [-0.05, 0) is 74.9 Å². The summed E-state index contributed by atoms with van der Waals surface area (Å²) in [5.74, 6) is 0.555. The minimum absolute atomic E-state index is 0.114. The topological polar surface area (TPSA) is 70.9 Å². The van der Waals surface area contributed by atoms with Gasteiger partial charge < -0.3 is 9.84 Å². The lowest BCUT2D eigenvalue weighted by Crippen LogP contribution is -2.22. The zero-order chi connectivity index (χ0) is 16.9. The molecular weight excluding hydrogens is 292 g/mol. The standard InChI is InChI=1S/C18H20N2O3/c1-18(2,3)23-16-10-4-13(5-11-16)12-19-20-17(22)14-6-8-15(21)9-7-14/h4-12,21H,1-3H3,(H,20,22)/b19-12-. The van der Waals surface area contributed by atoms with E-state index in [9.17, 15) is 9.90 Å². The predicted molar refractivity (Wildman–Crippen MR) is 90.0 cm³/mol. The van der Waals surface area contributed by atoms with Crippen molar-refractivity contribution in [3.63, 3.8) is 0 Å². The summed E-state index contributed by atoms with van der Waals surface area (Å²) in [5.41, 5.74) is 3.46. The third-order valence-corrected chi connectivity index (χ3v) is 2.81. The molecule has 1 amide bonds. The van der Waals surface area contributed by atoms with Crippen LogP contribution in [0.1, 0.15) is 36.7 Å². The highest BCUT2D eigenvalue weighted by atomic mass is 16.5. The number of hydrogen-bond acceptors (Lipinski definition) is 4. The number of rotatable bonds is 4. The van der Waals surface area contributed by atoms with E-state index in [-0.39, 0.29) is 17.3 Å². The van der Waals surface area contributed by atoms with E-state index in [1.54, 1.807) is 6.21 Å². The predicted octanol–water partition coefficient (Wildman–Crippen LogP) is 3.33. The van der Waals surface area contributed by atoms with E-state index in [2.05, 4.69) is 10.5 Å². The van der Waals surface area contributed by atoms with Gasteiger partial charge in [-0.1, -0.05) is 0 Å². The van der Waals surface area contributed by atoms with Crippen molar-refractivity contribution in [2.24, 2.45) is 5.10 Å². The fraction of sp³-hybridized carbons (Fsp3) is 0.222. The van der Waals surface area contributed by atoms with Crippen LogP contribution < -0.4 is 10.2 Å². The molecule has 120 valence electrons. The highest BCUT2D eigenvalue weighted by Gasteiger charge is 2.11. The summed E-state index contributed by atoms with van der Waals surface area (Å²) in [5, 5.41) is 13.1. The Morgan fingerprint density at radius 1 is 1.09 bits per heavy atom. The Balaban J connectivity index is 1.92. The monoisotopic (exact) mass is 312 g/mol. The third-order valence-electron chi connectivity index (χ3n) is 2.81. The molecule has 0 aromatic heterocycles. The van der Waals surface area contributed by atoms with E-state index in [0.717, 1.165) is 11.3 Å². The van der Waals surface area contributed by atoms with E-state index in [1.807, 2.05) is 45.0 Å². The number of phenols is 1. The lowest BCUT2D eigenvalue weighted by molar-refractivity contribution is 0.0955. The van der Waals surface area contributed by atoms with Crippen LogP contribution in [0.5, 0.6) is 11.5 Å². The number of nitrogens with one attached hydrogen (secondary N) is 1. The number of phenolic OH excluding ortho intramolecular Hbond substituents is 1. The normalized spacial score (nSPS) is 11.4. The molecule has 0 saturated carbocycles. The van der Waals surface area contributed by atoms with Gasteiger partial charge in [0.15, 0.2) is 0 Å². The van der Waals surface area contributed by atoms with Crippen LogP contribution in [0.25, 0.3) is 0 Å². The van der Waals surface area contributed by atoms with Crippen molar-refractivity contribution in [3.05, 3.63) is 59.7 Å². The van der Waals surface area contributed by atoms with Gasteiger partial charge in [0.25, 0.3) is 5.91 Å². The number of carbonyl (C=O) groups excluding carboxylic acids is 1.